The molecule has 33 heavy (non-hydrogen) atoms. The van der Waals surface area contributed by atoms with Gasteiger partial charge >= 0.3 is 0 Å². The number of anilines is 1. The van der Waals surface area contributed by atoms with Gasteiger partial charge in [-0.2, -0.15) is 0 Å². The molecule has 7 nitrogen and oxygen atoms in total. The van der Waals surface area contributed by atoms with Crippen LogP contribution in [0.15, 0.2) is 77.7 Å². The lowest BCUT2D eigenvalue weighted by molar-refractivity contribution is -0.120. The Hall–Kier alpha value is -3.52. The van der Waals surface area contributed by atoms with Crippen LogP contribution in [0, 0.1) is 6.92 Å². The van der Waals surface area contributed by atoms with Crippen molar-refractivity contribution < 1.29 is 22.7 Å². The van der Waals surface area contributed by atoms with Gasteiger partial charge in [0.25, 0.3) is 10.0 Å². The van der Waals surface area contributed by atoms with Crippen molar-refractivity contribution in [3.8, 4) is 11.5 Å². The summed E-state index contributed by atoms with van der Waals surface area (Å²) in [6.45, 7) is 4.34. The fourth-order valence-electron chi connectivity index (χ4n) is 3.65. The molecule has 3 aromatic rings. The Morgan fingerprint density at radius 1 is 0.970 bits per heavy atom. The molecule has 0 saturated heterocycles. The third-order valence-corrected chi connectivity index (χ3v) is 7.14. The van der Waals surface area contributed by atoms with Crippen LogP contribution in [0.2, 0.25) is 0 Å². The Morgan fingerprint density at radius 3 is 2.42 bits per heavy atom. The number of nitrogens with one attached hydrogen (secondary N) is 1. The van der Waals surface area contributed by atoms with E-state index in [0.717, 1.165) is 15.4 Å². The van der Waals surface area contributed by atoms with Gasteiger partial charge in [-0.05, 0) is 61.4 Å². The van der Waals surface area contributed by atoms with E-state index < -0.39 is 15.9 Å². The molecule has 0 unspecified atom stereocenters. The van der Waals surface area contributed by atoms with Crippen molar-refractivity contribution >= 4 is 21.6 Å². The number of sulfonamides is 1. The van der Waals surface area contributed by atoms with Crippen LogP contribution in [0.4, 0.5) is 5.69 Å². The summed E-state index contributed by atoms with van der Waals surface area (Å²) in [6, 6.07) is 20.3. The monoisotopic (exact) mass is 466 g/mol. The molecule has 0 spiro atoms. The van der Waals surface area contributed by atoms with Gasteiger partial charge < -0.3 is 14.8 Å². The summed E-state index contributed by atoms with van der Waals surface area (Å²) < 4.78 is 39.1. The number of hydrogen-bond donors (Lipinski definition) is 1. The first-order valence-electron chi connectivity index (χ1n) is 10.7. The second kappa shape index (κ2) is 9.54. The molecule has 4 rings (SSSR count). The molecule has 3 aromatic carbocycles. The van der Waals surface area contributed by atoms with Crippen molar-refractivity contribution in [2.45, 2.75) is 24.8 Å². The quantitative estimate of drug-likeness (QED) is 0.572. The predicted octanol–water partition coefficient (Wildman–Crippen LogP) is 3.84. The van der Waals surface area contributed by atoms with E-state index in [0.29, 0.717) is 30.4 Å². The van der Waals surface area contributed by atoms with Crippen LogP contribution >= 0.6 is 0 Å². The molecule has 0 saturated carbocycles. The smallest absolute Gasteiger partial charge is 0.264 e. The molecule has 1 aliphatic rings. The SMILES string of the molecule is Cc1cccc(N(CC(=O)N[C@H](C)c2ccc3c(c2)OCCO3)S(=O)(=O)c2ccccc2)c1. The number of rotatable bonds is 7. The summed E-state index contributed by atoms with van der Waals surface area (Å²) in [4.78, 5) is 13.1. The molecule has 0 aromatic heterocycles. The molecule has 172 valence electrons. The summed E-state index contributed by atoms with van der Waals surface area (Å²) in [7, 11) is -3.94. The molecule has 0 bridgehead atoms. The van der Waals surface area contributed by atoms with Gasteiger partial charge in [0.2, 0.25) is 5.91 Å². The van der Waals surface area contributed by atoms with Crippen molar-refractivity contribution in [1.82, 2.24) is 5.32 Å². The largest absolute Gasteiger partial charge is 0.486 e. The van der Waals surface area contributed by atoms with Crippen LogP contribution in [-0.2, 0) is 14.8 Å². The number of hydrogen-bond acceptors (Lipinski definition) is 5. The summed E-state index contributed by atoms with van der Waals surface area (Å²) in [6.07, 6.45) is 0. The molecule has 0 aliphatic carbocycles. The van der Waals surface area contributed by atoms with E-state index in [1.165, 1.54) is 12.1 Å². The van der Waals surface area contributed by atoms with Gasteiger partial charge in [-0.3, -0.25) is 9.10 Å². The fraction of sp³-hybridized carbons (Fsp3) is 0.240. The molecule has 8 heteroatoms. The van der Waals surface area contributed by atoms with E-state index in [1.807, 2.05) is 38.1 Å². The van der Waals surface area contributed by atoms with Crippen LogP contribution in [0.5, 0.6) is 11.5 Å². The molecular weight excluding hydrogens is 440 g/mol. The highest BCUT2D eigenvalue weighted by Crippen LogP contribution is 2.32. The number of fused-ring (bicyclic) bond motifs is 1. The van der Waals surface area contributed by atoms with Crippen LogP contribution in [-0.4, -0.2) is 34.1 Å². The fourth-order valence-corrected chi connectivity index (χ4v) is 5.08. The summed E-state index contributed by atoms with van der Waals surface area (Å²) in [5.74, 6) is 0.884. The maximum absolute atomic E-state index is 13.4. The number of carbonyl (C=O) groups is 1. The third-order valence-electron chi connectivity index (χ3n) is 5.35. The van der Waals surface area contributed by atoms with E-state index in [-0.39, 0.29) is 17.5 Å². The van der Waals surface area contributed by atoms with Crippen molar-refractivity contribution in [2.75, 3.05) is 24.1 Å². The van der Waals surface area contributed by atoms with Gasteiger partial charge in [0.15, 0.2) is 11.5 Å². The highest BCUT2D eigenvalue weighted by molar-refractivity contribution is 7.92. The van der Waals surface area contributed by atoms with Crippen molar-refractivity contribution in [3.63, 3.8) is 0 Å². The van der Waals surface area contributed by atoms with Gasteiger partial charge in [0.1, 0.15) is 19.8 Å². The molecule has 1 heterocycles. The van der Waals surface area contributed by atoms with Gasteiger partial charge in [-0.25, -0.2) is 8.42 Å². The van der Waals surface area contributed by atoms with Gasteiger partial charge in [-0.1, -0.05) is 36.4 Å². The maximum atomic E-state index is 13.4. The minimum absolute atomic E-state index is 0.124. The molecule has 1 atom stereocenters. The Bertz CT molecular complexity index is 1240. The average molecular weight is 467 g/mol. The Balaban J connectivity index is 1.56. The van der Waals surface area contributed by atoms with E-state index in [2.05, 4.69) is 5.32 Å². The minimum Gasteiger partial charge on any atom is -0.486 e. The van der Waals surface area contributed by atoms with Crippen molar-refractivity contribution in [3.05, 3.63) is 83.9 Å². The number of carbonyl (C=O) groups excluding carboxylic acids is 1. The predicted molar refractivity (Wildman–Crippen MR) is 126 cm³/mol. The van der Waals surface area contributed by atoms with Gasteiger partial charge in [0.05, 0.1) is 16.6 Å². The minimum atomic E-state index is -3.94. The average Bonchev–Trinajstić information content (AvgIpc) is 2.82. The number of nitrogens with zero attached hydrogens (tertiary/aromatic N) is 1. The molecule has 1 N–H and O–H groups in total. The van der Waals surface area contributed by atoms with E-state index in [4.69, 9.17) is 9.47 Å². The van der Waals surface area contributed by atoms with Crippen LogP contribution in [0.1, 0.15) is 24.1 Å². The lowest BCUT2D eigenvalue weighted by Gasteiger charge is -2.26. The van der Waals surface area contributed by atoms with Crippen molar-refractivity contribution in [2.24, 2.45) is 0 Å². The first kappa shape index (κ1) is 22.7. The summed E-state index contributed by atoms with van der Waals surface area (Å²) in [5.41, 5.74) is 2.16. The van der Waals surface area contributed by atoms with Gasteiger partial charge in [-0.15, -0.1) is 0 Å². The summed E-state index contributed by atoms with van der Waals surface area (Å²) >= 11 is 0. The second-order valence-electron chi connectivity index (χ2n) is 7.86. The molecule has 1 amide bonds. The number of ether oxygens (including phenoxy) is 2. The zero-order valence-corrected chi connectivity index (χ0v) is 19.3. The van der Waals surface area contributed by atoms with Crippen LogP contribution in [0.25, 0.3) is 0 Å². The highest BCUT2D eigenvalue weighted by Gasteiger charge is 2.28. The Morgan fingerprint density at radius 2 is 1.70 bits per heavy atom. The number of amides is 1. The molecule has 0 radical (unpaired) electrons. The normalized spacial score (nSPS) is 13.8. The summed E-state index contributed by atoms with van der Waals surface area (Å²) in [5, 5.41) is 2.90. The molecule has 0 fully saturated rings. The second-order valence-corrected chi connectivity index (χ2v) is 9.72. The highest BCUT2D eigenvalue weighted by atomic mass is 32.2. The van der Waals surface area contributed by atoms with E-state index >= 15 is 0 Å². The first-order valence-corrected chi connectivity index (χ1v) is 12.1. The standard InChI is InChI=1S/C25H26N2O5S/c1-18-7-6-8-21(15-18)27(33(29,30)22-9-4-3-5-10-22)17-25(28)26-19(2)20-11-12-23-24(16-20)32-14-13-31-23/h3-12,15-16,19H,13-14,17H2,1-2H3,(H,26,28)/t19-/m1/s1. The third kappa shape index (κ3) is 5.12. The topological polar surface area (TPSA) is 84.9 Å². The molecule has 1 aliphatic heterocycles. The lowest BCUT2D eigenvalue weighted by atomic mass is 10.1. The van der Waals surface area contributed by atoms with Crippen LogP contribution < -0.4 is 19.1 Å². The number of aryl methyl sites for hydroxylation is 1. The zero-order chi connectivity index (χ0) is 23.4. The maximum Gasteiger partial charge on any atom is 0.264 e. The molecular formula is C25H26N2O5S. The Kier molecular flexibility index (Phi) is 6.55. The lowest BCUT2D eigenvalue weighted by Crippen LogP contribution is -2.41. The van der Waals surface area contributed by atoms with Gasteiger partial charge in [0, 0.05) is 0 Å². The Labute approximate surface area is 194 Å². The zero-order valence-electron chi connectivity index (χ0n) is 18.5. The van der Waals surface area contributed by atoms with Crippen molar-refractivity contribution in [1.29, 1.82) is 0 Å². The van der Waals surface area contributed by atoms with Crippen LogP contribution in [0.3, 0.4) is 0 Å². The number of benzene rings is 3. The van der Waals surface area contributed by atoms with E-state index in [1.54, 1.807) is 36.4 Å². The van der Waals surface area contributed by atoms with E-state index in [9.17, 15) is 13.2 Å². The first-order chi connectivity index (χ1) is 15.8.